The average Bonchev–Trinajstić information content (AvgIpc) is 2.22. The second-order valence-corrected chi connectivity index (χ2v) is 4.56. The van der Waals surface area contributed by atoms with Gasteiger partial charge in [-0.1, -0.05) is 31.5 Å². The van der Waals surface area contributed by atoms with Crippen molar-refractivity contribution in [1.29, 1.82) is 0 Å². The van der Waals surface area contributed by atoms with Crippen LogP contribution in [-0.4, -0.2) is 12.5 Å². The molecule has 0 spiro atoms. The van der Waals surface area contributed by atoms with Gasteiger partial charge >= 0.3 is 0 Å². The van der Waals surface area contributed by atoms with Crippen LogP contribution in [0.2, 0.25) is 5.02 Å². The van der Waals surface area contributed by atoms with Gasteiger partial charge in [-0.25, -0.2) is 0 Å². The maximum atomic E-state index is 6.00. The van der Waals surface area contributed by atoms with Crippen LogP contribution in [0.5, 0.6) is 0 Å². The molecule has 3 N–H and O–H groups in total. The van der Waals surface area contributed by atoms with Crippen LogP contribution in [0, 0.1) is 12.8 Å². The highest BCUT2D eigenvalue weighted by Crippen LogP contribution is 2.22. The van der Waals surface area contributed by atoms with Gasteiger partial charge in [0, 0.05) is 17.3 Å². The van der Waals surface area contributed by atoms with Crippen molar-refractivity contribution in [1.82, 2.24) is 0 Å². The Labute approximate surface area is 102 Å². The lowest BCUT2D eigenvalue weighted by Gasteiger charge is -2.10. The largest absolute Gasteiger partial charge is 0.370 e. The Bertz CT molecular complexity index is 386. The first-order valence-electron chi connectivity index (χ1n) is 5.32. The maximum Gasteiger partial charge on any atom is 0.193 e. The van der Waals surface area contributed by atoms with E-state index >= 15 is 0 Å². The molecule has 0 aliphatic carbocycles. The van der Waals surface area contributed by atoms with Gasteiger partial charge in [0.25, 0.3) is 0 Å². The predicted octanol–water partition coefficient (Wildman–Crippen LogP) is 3.03. The summed E-state index contributed by atoms with van der Waals surface area (Å²) in [5.74, 6) is 0.930. The third-order valence-electron chi connectivity index (χ3n) is 2.16. The summed E-state index contributed by atoms with van der Waals surface area (Å²) in [5, 5.41) is 3.77. The average molecular weight is 240 g/mol. The Morgan fingerprint density at radius 3 is 2.81 bits per heavy atom. The maximum absolute atomic E-state index is 6.00. The monoisotopic (exact) mass is 239 g/mol. The molecule has 0 bridgehead atoms. The van der Waals surface area contributed by atoms with Crippen molar-refractivity contribution in [2.24, 2.45) is 16.6 Å². The topological polar surface area (TPSA) is 50.4 Å². The van der Waals surface area contributed by atoms with E-state index in [2.05, 4.69) is 24.2 Å². The van der Waals surface area contributed by atoms with Crippen molar-refractivity contribution in [2.45, 2.75) is 20.8 Å². The SMILES string of the molecule is Cc1c(Cl)cccc1NC(N)=NCC(C)C. The first kappa shape index (κ1) is 12.8. The number of halogens is 1. The van der Waals surface area contributed by atoms with E-state index in [4.69, 9.17) is 17.3 Å². The minimum Gasteiger partial charge on any atom is -0.370 e. The van der Waals surface area contributed by atoms with E-state index in [1.807, 2.05) is 25.1 Å². The highest BCUT2D eigenvalue weighted by Gasteiger charge is 2.02. The van der Waals surface area contributed by atoms with E-state index in [1.165, 1.54) is 0 Å². The first-order chi connectivity index (χ1) is 7.50. The van der Waals surface area contributed by atoms with Crippen LogP contribution >= 0.6 is 11.6 Å². The fourth-order valence-corrected chi connectivity index (χ4v) is 1.38. The normalized spacial score (nSPS) is 11.9. The zero-order chi connectivity index (χ0) is 12.1. The number of guanidine groups is 1. The molecule has 3 nitrogen and oxygen atoms in total. The van der Waals surface area contributed by atoms with Gasteiger partial charge in [-0.2, -0.15) is 0 Å². The fourth-order valence-electron chi connectivity index (χ4n) is 1.20. The third-order valence-corrected chi connectivity index (χ3v) is 2.57. The van der Waals surface area contributed by atoms with Crippen LogP contribution in [0.4, 0.5) is 5.69 Å². The third kappa shape index (κ3) is 3.74. The van der Waals surface area contributed by atoms with Crippen molar-refractivity contribution in [3.05, 3.63) is 28.8 Å². The molecular formula is C12H18ClN3. The molecule has 0 saturated heterocycles. The molecule has 0 aromatic heterocycles. The minimum atomic E-state index is 0.430. The molecule has 1 aromatic rings. The lowest BCUT2D eigenvalue weighted by Crippen LogP contribution is -2.23. The van der Waals surface area contributed by atoms with Crippen molar-refractivity contribution in [3.63, 3.8) is 0 Å². The number of nitrogens with one attached hydrogen (secondary N) is 1. The van der Waals surface area contributed by atoms with Gasteiger partial charge in [-0.05, 0) is 30.5 Å². The summed E-state index contributed by atoms with van der Waals surface area (Å²) in [7, 11) is 0. The molecule has 0 fully saturated rings. The lowest BCUT2D eigenvalue weighted by molar-refractivity contribution is 0.665. The zero-order valence-electron chi connectivity index (χ0n) is 9.92. The number of hydrogen-bond donors (Lipinski definition) is 2. The van der Waals surface area contributed by atoms with E-state index in [9.17, 15) is 0 Å². The number of rotatable bonds is 3. The van der Waals surface area contributed by atoms with E-state index in [0.717, 1.165) is 22.8 Å². The molecule has 0 saturated carbocycles. The van der Waals surface area contributed by atoms with Crippen LogP contribution in [0.25, 0.3) is 0 Å². The van der Waals surface area contributed by atoms with E-state index in [0.29, 0.717) is 11.9 Å². The van der Waals surface area contributed by atoms with Crippen LogP contribution < -0.4 is 11.1 Å². The zero-order valence-corrected chi connectivity index (χ0v) is 10.7. The highest BCUT2D eigenvalue weighted by molar-refractivity contribution is 6.31. The molecule has 0 heterocycles. The summed E-state index contributed by atoms with van der Waals surface area (Å²) < 4.78 is 0. The van der Waals surface area contributed by atoms with Crippen LogP contribution in [0.3, 0.4) is 0 Å². The smallest absolute Gasteiger partial charge is 0.193 e. The second-order valence-electron chi connectivity index (χ2n) is 4.16. The van der Waals surface area contributed by atoms with Crippen LogP contribution in [-0.2, 0) is 0 Å². The Morgan fingerprint density at radius 1 is 1.50 bits per heavy atom. The van der Waals surface area contributed by atoms with Gasteiger partial charge in [0.15, 0.2) is 5.96 Å². The number of benzene rings is 1. The molecule has 0 unspecified atom stereocenters. The Morgan fingerprint density at radius 2 is 2.19 bits per heavy atom. The Hall–Kier alpha value is -1.22. The molecule has 1 aromatic carbocycles. The Kier molecular flexibility index (Phi) is 4.62. The Balaban J connectivity index is 2.73. The van der Waals surface area contributed by atoms with Crippen LogP contribution in [0.1, 0.15) is 19.4 Å². The van der Waals surface area contributed by atoms with Crippen molar-refractivity contribution in [3.8, 4) is 0 Å². The molecular weight excluding hydrogens is 222 g/mol. The first-order valence-corrected chi connectivity index (χ1v) is 5.70. The number of aliphatic imine (C=N–C) groups is 1. The van der Waals surface area contributed by atoms with Gasteiger partial charge in [0.2, 0.25) is 0 Å². The quantitative estimate of drug-likeness (QED) is 0.629. The van der Waals surface area contributed by atoms with Crippen LogP contribution in [0.15, 0.2) is 23.2 Å². The number of hydrogen-bond acceptors (Lipinski definition) is 1. The molecule has 0 atom stereocenters. The second kappa shape index (κ2) is 5.75. The van der Waals surface area contributed by atoms with E-state index in [1.54, 1.807) is 0 Å². The fraction of sp³-hybridized carbons (Fsp3) is 0.417. The van der Waals surface area contributed by atoms with E-state index < -0.39 is 0 Å². The minimum absolute atomic E-state index is 0.430. The summed E-state index contributed by atoms with van der Waals surface area (Å²) in [6, 6.07) is 5.66. The van der Waals surface area contributed by atoms with Gasteiger partial charge in [-0.15, -0.1) is 0 Å². The summed E-state index contributed by atoms with van der Waals surface area (Å²) in [6.07, 6.45) is 0. The number of anilines is 1. The van der Waals surface area contributed by atoms with E-state index in [-0.39, 0.29) is 0 Å². The summed E-state index contributed by atoms with van der Waals surface area (Å²) in [6.45, 7) is 6.86. The number of nitrogens with zero attached hydrogens (tertiary/aromatic N) is 1. The standard InChI is InChI=1S/C12H18ClN3/c1-8(2)7-15-12(14)16-11-6-4-5-10(13)9(11)3/h4-6,8H,7H2,1-3H3,(H3,14,15,16). The number of nitrogens with two attached hydrogens (primary N) is 1. The lowest BCUT2D eigenvalue weighted by atomic mass is 10.2. The molecule has 0 radical (unpaired) electrons. The molecule has 4 heteroatoms. The molecule has 0 aliphatic heterocycles. The molecule has 0 amide bonds. The molecule has 88 valence electrons. The summed E-state index contributed by atoms with van der Waals surface area (Å²) in [5.41, 5.74) is 7.65. The van der Waals surface area contributed by atoms with Gasteiger partial charge < -0.3 is 11.1 Å². The van der Waals surface area contributed by atoms with Gasteiger partial charge in [-0.3, -0.25) is 4.99 Å². The van der Waals surface area contributed by atoms with Crippen molar-refractivity contribution >= 4 is 23.2 Å². The highest BCUT2D eigenvalue weighted by atomic mass is 35.5. The molecule has 1 rings (SSSR count). The molecule has 0 aliphatic rings. The summed E-state index contributed by atoms with van der Waals surface area (Å²) in [4.78, 5) is 4.23. The molecule has 16 heavy (non-hydrogen) atoms. The van der Waals surface area contributed by atoms with Crippen molar-refractivity contribution in [2.75, 3.05) is 11.9 Å². The van der Waals surface area contributed by atoms with Gasteiger partial charge in [0.1, 0.15) is 0 Å². The van der Waals surface area contributed by atoms with Crippen molar-refractivity contribution < 1.29 is 0 Å². The predicted molar refractivity (Wildman–Crippen MR) is 71.1 cm³/mol. The summed E-state index contributed by atoms with van der Waals surface area (Å²) >= 11 is 6.00. The van der Waals surface area contributed by atoms with Gasteiger partial charge in [0.05, 0.1) is 0 Å².